The Hall–Kier alpha value is -6.32. The fourth-order valence-corrected chi connectivity index (χ4v) is 9.45. The van der Waals surface area contributed by atoms with Crippen molar-refractivity contribution in [2.75, 3.05) is 34.0 Å². The topological polar surface area (TPSA) is 193 Å². The van der Waals surface area contributed by atoms with Gasteiger partial charge in [-0.05, 0) is 55.6 Å². The number of fused-ring (bicyclic) bond motifs is 5. The number of likely N-dealkylation sites (tertiary alicyclic amines) is 2. The fraction of sp³-hybridized carbons (Fsp3) is 0.467. The molecule has 16 nitrogen and oxygen atoms in total. The maximum Gasteiger partial charge on any atom is 0.407 e. The van der Waals surface area contributed by atoms with Crippen LogP contribution in [0.15, 0.2) is 48.8 Å². The number of aromatic nitrogens is 4. The molecular formula is C45H52N8O8. The normalized spacial score (nSPS) is 22.0. The van der Waals surface area contributed by atoms with E-state index in [1.807, 2.05) is 56.9 Å². The first-order valence-corrected chi connectivity index (χ1v) is 21.1. The molecule has 6 atom stereocenters. The van der Waals surface area contributed by atoms with Gasteiger partial charge < -0.3 is 49.3 Å². The summed E-state index contributed by atoms with van der Waals surface area (Å²) in [6, 6.07) is 10.5. The van der Waals surface area contributed by atoms with Gasteiger partial charge in [0.2, 0.25) is 11.8 Å². The zero-order chi connectivity index (χ0) is 42.7. The highest BCUT2D eigenvalue weighted by atomic mass is 16.5. The second kappa shape index (κ2) is 15.9. The molecular weight excluding hydrogens is 781 g/mol. The molecule has 5 aliphatic rings. The zero-order valence-electron chi connectivity index (χ0n) is 35.2. The lowest BCUT2D eigenvalue weighted by atomic mass is 9.89. The molecule has 1 aliphatic carbocycles. The summed E-state index contributed by atoms with van der Waals surface area (Å²) >= 11 is 0. The molecule has 4 N–H and O–H groups in total. The van der Waals surface area contributed by atoms with E-state index in [1.54, 1.807) is 17.3 Å². The van der Waals surface area contributed by atoms with Crippen LogP contribution in [0.5, 0.6) is 11.5 Å². The summed E-state index contributed by atoms with van der Waals surface area (Å²) in [6.45, 7) is 8.97. The number of hydrogen-bond donors (Lipinski definition) is 4. The van der Waals surface area contributed by atoms with Crippen molar-refractivity contribution in [2.45, 2.75) is 83.6 Å². The minimum Gasteiger partial charge on any atom is -0.488 e. The van der Waals surface area contributed by atoms with Gasteiger partial charge in [-0.2, -0.15) is 0 Å². The molecule has 4 aliphatic heterocycles. The highest BCUT2D eigenvalue weighted by Gasteiger charge is 2.56. The van der Waals surface area contributed by atoms with Crippen LogP contribution >= 0.6 is 0 Å². The minimum absolute atomic E-state index is 0.113. The Bertz CT molecular complexity index is 2420. The number of methoxy groups -OCH3 is 2. The van der Waals surface area contributed by atoms with Crippen molar-refractivity contribution in [3.63, 3.8) is 0 Å². The SMILES string of the molecule is COC(=O)N[C@H](C(=O)N1CCC[C@H]1c1ncc(-c2ccc3c(c2)OCC2=C3COc3cc(-c4cnc([C@@H]5C[C@H]6C[C@H]6N5C(=O)[C@@H](NC(=O)OC)C(C)C)[nH]4)ccc32)[nH]1)C(C)C. The largest absolute Gasteiger partial charge is 0.488 e. The number of aromatic amines is 2. The van der Waals surface area contributed by atoms with Gasteiger partial charge in [0, 0.05) is 46.0 Å². The van der Waals surface area contributed by atoms with Crippen LogP contribution in [0.2, 0.25) is 0 Å². The molecule has 4 aromatic rings. The molecule has 2 saturated heterocycles. The lowest BCUT2D eigenvalue weighted by molar-refractivity contribution is -0.137. The van der Waals surface area contributed by atoms with E-state index < -0.39 is 24.3 Å². The molecule has 320 valence electrons. The van der Waals surface area contributed by atoms with Crippen molar-refractivity contribution < 1.29 is 38.1 Å². The second-order valence-electron chi connectivity index (χ2n) is 17.3. The summed E-state index contributed by atoms with van der Waals surface area (Å²) < 4.78 is 22.4. The Morgan fingerprint density at radius 2 is 1.26 bits per heavy atom. The minimum atomic E-state index is -0.705. The maximum absolute atomic E-state index is 13.9. The molecule has 0 unspecified atom stereocenters. The number of hydrogen-bond acceptors (Lipinski definition) is 10. The number of benzene rings is 2. The Labute approximate surface area is 353 Å². The molecule has 0 radical (unpaired) electrons. The third-order valence-electron chi connectivity index (χ3n) is 12.8. The van der Waals surface area contributed by atoms with Crippen molar-refractivity contribution in [1.29, 1.82) is 0 Å². The number of nitrogens with zero attached hydrogens (tertiary/aromatic N) is 4. The number of carbonyl (C=O) groups is 4. The van der Waals surface area contributed by atoms with Crippen LogP contribution in [0.4, 0.5) is 9.59 Å². The van der Waals surface area contributed by atoms with E-state index in [9.17, 15) is 19.2 Å². The number of alkyl carbamates (subject to hydrolysis) is 2. The Balaban J connectivity index is 0.904. The van der Waals surface area contributed by atoms with Gasteiger partial charge in [0.05, 0.1) is 50.1 Å². The molecule has 0 bridgehead atoms. The Morgan fingerprint density at radius 3 is 1.79 bits per heavy atom. The Kier molecular flexibility index (Phi) is 10.5. The van der Waals surface area contributed by atoms with E-state index >= 15 is 0 Å². The van der Waals surface area contributed by atoms with E-state index in [2.05, 4.69) is 32.7 Å². The summed E-state index contributed by atoms with van der Waals surface area (Å²) in [5.74, 6) is 2.86. The lowest BCUT2D eigenvalue weighted by Gasteiger charge is -2.32. The van der Waals surface area contributed by atoms with Gasteiger partial charge in [-0.25, -0.2) is 19.6 Å². The molecule has 2 aromatic carbocycles. The molecule has 2 aromatic heterocycles. The molecule has 61 heavy (non-hydrogen) atoms. The summed E-state index contributed by atoms with van der Waals surface area (Å²) in [7, 11) is 2.59. The van der Waals surface area contributed by atoms with Crippen LogP contribution in [-0.4, -0.2) is 106 Å². The predicted molar refractivity (Wildman–Crippen MR) is 224 cm³/mol. The summed E-state index contributed by atoms with van der Waals surface area (Å²) in [5, 5.41) is 5.44. The first-order chi connectivity index (χ1) is 29.4. The molecule has 6 heterocycles. The molecule has 1 saturated carbocycles. The number of amides is 4. The van der Waals surface area contributed by atoms with E-state index in [-0.39, 0.29) is 41.8 Å². The molecule has 9 rings (SSSR count). The van der Waals surface area contributed by atoms with Crippen LogP contribution in [0, 0.1) is 17.8 Å². The van der Waals surface area contributed by atoms with Gasteiger partial charge in [-0.3, -0.25) is 9.59 Å². The smallest absolute Gasteiger partial charge is 0.407 e. The monoisotopic (exact) mass is 832 g/mol. The summed E-state index contributed by atoms with van der Waals surface area (Å²) in [5.41, 5.74) is 7.56. The van der Waals surface area contributed by atoms with Crippen molar-refractivity contribution in [3.8, 4) is 34.0 Å². The van der Waals surface area contributed by atoms with Crippen LogP contribution in [0.1, 0.15) is 88.2 Å². The quantitative estimate of drug-likeness (QED) is 0.142. The number of piperidine rings is 1. The van der Waals surface area contributed by atoms with Crippen molar-refractivity contribution in [1.82, 2.24) is 40.4 Å². The zero-order valence-corrected chi connectivity index (χ0v) is 35.2. The number of rotatable bonds is 10. The average molecular weight is 833 g/mol. The van der Waals surface area contributed by atoms with E-state index in [0.717, 1.165) is 87.8 Å². The molecule has 3 fully saturated rings. The van der Waals surface area contributed by atoms with Gasteiger partial charge in [0.15, 0.2) is 0 Å². The molecule has 4 amide bonds. The first-order valence-electron chi connectivity index (χ1n) is 21.1. The number of ether oxygens (including phenoxy) is 4. The number of H-pyrrole nitrogens is 2. The van der Waals surface area contributed by atoms with Gasteiger partial charge in [-0.1, -0.05) is 52.0 Å². The molecule has 0 spiro atoms. The first kappa shape index (κ1) is 40.1. The van der Waals surface area contributed by atoms with E-state index in [1.165, 1.54) is 14.2 Å². The van der Waals surface area contributed by atoms with Gasteiger partial charge in [-0.15, -0.1) is 0 Å². The average Bonchev–Trinajstić information content (AvgIpc) is 3.81. The van der Waals surface area contributed by atoms with Gasteiger partial charge >= 0.3 is 12.2 Å². The van der Waals surface area contributed by atoms with Crippen molar-refractivity contribution in [3.05, 3.63) is 71.6 Å². The van der Waals surface area contributed by atoms with E-state index in [4.69, 9.17) is 28.9 Å². The lowest BCUT2D eigenvalue weighted by Crippen LogP contribution is -2.52. The van der Waals surface area contributed by atoms with Gasteiger partial charge in [0.25, 0.3) is 0 Å². The standard InChI is InChI=1S/C45H52N8O8/c1-22(2)38(50-44(56)58-5)42(54)52-13-7-8-33(52)40-46-18-31(48-40)24-9-11-27-29-21-61-37-17-25(10-12-28(37)30(29)20-60-36(27)16-24)32-19-47-41(49-32)35-15-26-14-34(26)53(35)43(55)39(23(3)4)51-45(57)59-6/h9-12,16-19,22-23,26,33-35,38-39H,7-8,13-15,20-21H2,1-6H3,(H,46,48)(H,47,49)(H,50,56)(H,51,57)/t26-,33+,34-,35+,38+,39+/m1/s1. The third-order valence-corrected chi connectivity index (χ3v) is 12.8. The maximum atomic E-state index is 13.9. The predicted octanol–water partition coefficient (Wildman–Crippen LogP) is 6.25. The van der Waals surface area contributed by atoms with Crippen LogP contribution in [-0.2, 0) is 19.1 Å². The van der Waals surface area contributed by atoms with Crippen molar-refractivity contribution in [2.24, 2.45) is 17.8 Å². The van der Waals surface area contributed by atoms with Crippen LogP contribution < -0.4 is 20.1 Å². The van der Waals surface area contributed by atoms with E-state index in [0.29, 0.717) is 31.5 Å². The number of nitrogens with one attached hydrogen (secondary N) is 4. The van der Waals surface area contributed by atoms with Gasteiger partial charge in [0.1, 0.15) is 48.4 Å². The summed E-state index contributed by atoms with van der Waals surface area (Å²) in [6.07, 6.45) is 5.72. The van der Waals surface area contributed by atoms with Crippen molar-refractivity contribution >= 4 is 35.1 Å². The summed E-state index contributed by atoms with van der Waals surface area (Å²) in [4.78, 5) is 71.8. The third kappa shape index (κ3) is 7.35. The highest BCUT2D eigenvalue weighted by molar-refractivity contribution is 5.98. The van der Waals surface area contributed by atoms with Crippen LogP contribution in [0.3, 0.4) is 0 Å². The Morgan fingerprint density at radius 1 is 0.738 bits per heavy atom. The van der Waals surface area contributed by atoms with Crippen LogP contribution in [0.25, 0.3) is 33.7 Å². The number of carbonyl (C=O) groups excluding carboxylic acids is 4. The second-order valence-corrected chi connectivity index (χ2v) is 17.3. The number of imidazole rings is 2. The fourth-order valence-electron chi connectivity index (χ4n) is 9.45. The highest BCUT2D eigenvalue weighted by Crippen LogP contribution is 2.53. The molecule has 16 heteroatoms.